The summed E-state index contributed by atoms with van der Waals surface area (Å²) >= 11 is 5.95. The zero-order valence-corrected chi connectivity index (χ0v) is 22.3. The van der Waals surface area contributed by atoms with Crippen molar-refractivity contribution in [2.75, 3.05) is 19.7 Å². The van der Waals surface area contributed by atoms with Crippen LogP contribution in [0.4, 0.5) is 4.39 Å². The molecule has 2 unspecified atom stereocenters. The number of aromatic nitrogens is 2. The monoisotopic (exact) mass is 536 g/mol. The minimum Gasteiger partial charge on any atom is -0.444 e. The van der Waals surface area contributed by atoms with Crippen molar-refractivity contribution >= 4 is 11.6 Å². The summed E-state index contributed by atoms with van der Waals surface area (Å²) in [6, 6.07) is 12.8. The number of benzene rings is 2. The van der Waals surface area contributed by atoms with Crippen LogP contribution in [0.1, 0.15) is 60.4 Å². The summed E-state index contributed by atoms with van der Waals surface area (Å²) in [5.74, 6) is 0.813. The van der Waals surface area contributed by atoms with Crippen LogP contribution in [0.2, 0.25) is 5.02 Å². The predicted molar refractivity (Wildman–Crippen MR) is 140 cm³/mol. The van der Waals surface area contributed by atoms with Crippen LogP contribution in [0.5, 0.6) is 11.5 Å². The summed E-state index contributed by atoms with van der Waals surface area (Å²) in [5.41, 5.74) is 2.80. The lowest BCUT2D eigenvalue weighted by Crippen LogP contribution is -2.35. The largest absolute Gasteiger partial charge is 0.444 e. The third-order valence-electron chi connectivity index (χ3n) is 7.93. The third-order valence-corrected chi connectivity index (χ3v) is 8.17. The van der Waals surface area contributed by atoms with E-state index < -0.39 is 11.6 Å². The molecule has 0 N–H and O–H groups in total. The molecule has 2 fully saturated rings. The summed E-state index contributed by atoms with van der Waals surface area (Å²) in [7, 11) is 0. The molecule has 3 aromatic rings. The van der Waals surface area contributed by atoms with Gasteiger partial charge < -0.3 is 18.8 Å². The number of piperidine rings is 1. The van der Waals surface area contributed by atoms with E-state index in [4.69, 9.17) is 30.8 Å². The molecule has 2 atom stereocenters. The zero-order valence-electron chi connectivity index (χ0n) is 21.5. The zero-order chi connectivity index (χ0) is 26.4. The Kier molecular flexibility index (Phi) is 6.55. The first-order valence-corrected chi connectivity index (χ1v) is 13.5. The Morgan fingerprint density at radius 3 is 2.66 bits per heavy atom. The molecule has 38 heavy (non-hydrogen) atoms. The van der Waals surface area contributed by atoms with E-state index in [2.05, 4.69) is 17.0 Å². The van der Waals surface area contributed by atoms with Crippen molar-refractivity contribution in [1.29, 1.82) is 5.26 Å². The lowest BCUT2D eigenvalue weighted by molar-refractivity contribution is -0.0712. The van der Waals surface area contributed by atoms with E-state index in [-0.39, 0.29) is 6.10 Å². The molecule has 7 nitrogen and oxygen atoms in total. The Balaban J connectivity index is 1.15. The van der Waals surface area contributed by atoms with Gasteiger partial charge in [-0.1, -0.05) is 23.7 Å². The highest BCUT2D eigenvalue weighted by molar-refractivity contribution is 6.30. The molecular weight excluding hydrogens is 507 g/mol. The standard InChI is InChI=1S/C29H30ClFN4O3/c1-18-25(15-32)35(16-21-10-13-36-21)27(33-18)17-34-11-8-19(9-12-34)22-4-3-5-26-28(22)38-29(2,37-26)23-7-6-20(30)14-24(23)31/h3-7,14,19,21H,8-13,16-17H2,1-2H3. The molecule has 9 heteroatoms. The number of nitriles is 1. The van der Waals surface area contributed by atoms with Crippen LogP contribution in [0, 0.1) is 24.1 Å². The summed E-state index contributed by atoms with van der Waals surface area (Å²) in [6.07, 6.45) is 3.07. The van der Waals surface area contributed by atoms with Gasteiger partial charge in [-0.05, 0) is 69.5 Å². The maximum absolute atomic E-state index is 14.7. The first kappa shape index (κ1) is 25.2. The second-order valence-electron chi connectivity index (χ2n) is 10.5. The number of hydrogen-bond donors (Lipinski definition) is 0. The van der Waals surface area contributed by atoms with Gasteiger partial charge in [0.1, 0.15) is 23.4 Å². The van der Waals surface area contributed by atoms with Gasteiger partial charge in [-0.25, -0.2) is 9.37 Å². The number of imidazole rings is 1. The minimum atomic E-state index is -1.26. The topological polar surface area (TPSA) is 72.5 Å². The highest BCUT2D eigenvalue weighted by Crippen LogP contribution is 2.49. The molecule has 198 valence electrons. The maximum Gasteiger partial charge on any atom is 0.278 e. The van der Waals surface area contributed by atoms with Crippen LogP contribution in [0.3, 0.4) is 0 Å². The maximum atomic E-state index is 14.7. The van der Waals surface area contributed by atoms with Gasteiger partial charge in [0.25, 0.3) is 5.79 Å². The lowest BCUT2D eigenvalue weighted by Gasteiger charge is -2.33. The summed E-state index contributed by atoms with van der Waals surface area (Å²) < 4.78 is 34.9. The Labute approximate surface area is 226 Å². The normalized spacial score (nSPS) is 23.3. The van der Waals surface area contributed by atoms with Crippen molar-refractivity contribution in [2.45, 2.75) is 64.0 Å². The number of nitrogens with zero attached hydrogens (tertiary/aromatic N) is 4. The first-order valence-electron chi connectivity index (χ1n) is 13.1. The second-order valence-corrected chi connectivity index (χ2v) is 10.9. The summed E-state index contributed by atoms with van der Waals surface area (Å²) in [5, 5.41) is 10.0. The SMILES string of the molecule is Cc1nc(CN2CCC(c3cccc4c3OC(C)(c3ccc(Cl)cc3F)O4)CC2)n(CC2CCO2)c1C#N. The second kappa shape index (κ2) is 9.88. The number of hydrogen-bond acceptors (Lipinski definition) is 6. The van der Waals surface area contributed by atoms with E-state index >= 15 is 0 Å². The van der Waals surface area contributed by atoms with E-state index in [0.717, 1.165) is 56.0 Å². The van der Waals surface area contributed by atoms with Crippen molar-refractivity contribution in [2.24, 2.45) is 0 Å². The number of ether oxygens (including phenoxy) is 3. The van der Waals surface area contributed by atoms with E-state index in [1.54, 1.807) is 19.1 Å². The molecule has 3 aliphatic heterocycles. The fraction of sp³-hybridized carbons (Fsp3) is 0.448. The number of fused-ring (bicyclic) bond motifs is 1. The van der Waals surface area contributed by atoms with Crippen molar-refractivity contribution < 1.29 is 18.6 Å². The fourth-order valence-corrected chi connectivity index (χ4v) is 5.92. The van der Waals surface area contributed by atoms with Gasteiger partial charge in [0.05, 0.1) is 30.5 Å². The minimum absolute atomic E-state index is 0.162. The Hall–Kier alpha value is -3.12. The average molecular weight is 537 g/mol. The van der Waals surface area contributed by atoms with Crippen molar-refractivity contribution in [1.82, 2.24) is 14.5 Å². The van der Waals surface area contributed by atoms with Crippen LogP contribution >= 0.6 is 11.6 Å². The molecule has 0 bridgehead atoms. The molecule has 0 radical (unpaired) electrons. The van der Waals surface area contributed by atoms with E-state index in [1.165, 1.54) is 6.07 Å². The molecule has 6 rings (SSSR count). The van der Waals surface area contributed by atoms with Crippen LogP contribution in [-0.4, -0.2) is 40.3 Å². The summed E-state index contributed by atoms with van der Waals surface area (Å²) in [4.78, 5) is 7.13. The van der Waals surface area contributed by atoms with Gasteiger partial charge in [0.15, 0.2) is 11.5 Å². The quantitative estimate of drug-likeness (QED) is 0.404. The molecular formula is C29H30ClFN4O3. The number of aryl methyl sites for hydroxylation is 1. The van der Waals surface area contributed by atoms with Gasteiger partial charge in [-0.3, -0.25) is 4.90 Å². The van der Waals surface area contributed by atoms with Crippen LogP contribution < -0.4 is 9.47 Å². The number of para-hydroxylation sites is 1. The Bertz CT molecular complexity index is 1410. The molecule has 1 aromatic heterocycles. The van der Waals surface area contributed by atoms with Gasteiger partial charge in [-0.15, -0.1) is 0 Å². The van der Waals surface area contributed by atoms with Crippen molar-refractivity contribution in [3.8, 4) is 17.6 Å². The molecule has 2 saturated heterocycles. The van der Waals surface area contributed by atoms with Crippen molar-refractivity contribution in [3.05, 3.63) is 75.6 Å². The van der Waals surface area contributed by atoms with E-state index in [9.17, 15) is 9.65 Å². The van der Waals surface area contributed by atoms with Gasteiger partial charge in [0.2, 0.25) is 0 Å². The smallest absolute Gasteiger partial charge is 0.278 e. The van der Waals surface area contributed by atoms with E-state index in [1.807, 2.05) is 23.6 Å². The molecule has 0 aliphatic carbocycles. The number of halogens is 2. The summed E-state index contributed by atoms with van der Waals surface area (Å²) in [6.45, 7) is 7.58. The van der Waals surface area contributed by atoms with Gasteiger partial charge in [0, 0.05) is 24.1 Å². The predicted octanol–water partition coefficient (Wildman–Crippen LogP) is 5.67. The van der Waals surface area contributed by atoms with Crippen molar-refractivity contribution in [3.63, 3.8) is 0 Å². The molecule has 4 heterocycles. The number of likely N-dealkylation sites (tertiary alicyclic amines) is 1. The first-order chi connectivity index (χ1) is 18.3. The van der Waals surface area contributed by atoms with Gasteiger partial charge in [-0.2, -0.15) is 5.26 Å². The third kappa shape index (κ3) is 4.53. The molecule has 3 aliphatic rings. The van der Waals surface area contributed by atoms with Crippen LogP contribution in [0.25, 0.3) is 0 Å². The lowest BCUT2D eigenvalue weighted by atomic mass is 9.88. The molecule has 0 saturated carbocycles. The van der Waals surface area contributed by atoms with Crippen LogP contribution in [0.15, 0.2) is 36.4 Å². The van der Waals surface area contributed by atoms with Gasteiger partial charge >= 0.3 is 0 Å². The Morgan fingerprint density at radius 2 is 1.97 bits per heavy atom. The van der Waals surface area contributed by atoms with Crippen LogP contribution in [-0.2, 0) is 23.6 Å². The highest BCUT2D eigenvalue weighted by atomic mass is 35.5. The molecule has 2 aromatic carbocycles. The molecule has 0 spiro atoms. The average Bonchev–Trinajstić information content (AvgIpc) is 3.37. The Morgan fingerprint density at radius 1 is 1.18 bits per heavy atom. The van der Waals surface area contributed by atoms with E-state index in [0.29, 0.717) is 46.8 Å². The number of rotatable bonds is 6. The molecule has 0 amide bonds. The highest BCUT2D eigenvalue weighted by Gasteiger charge is 2.43. The fourth-order valence-electron chi connectivity index (χ4n) is 5.76.